The summed E-state index contributed by atoms with van der Waals surface area (Å²) in [6.45, 7) is 1.84. The minimum Gasteiger partial charge on any atom is -0.355 e. The molecule has 0 aliphatic carbocycles. The number of anilines is 5. The SMILES string of the molecule is Cc1c(Nc2cccc(NC(=O)c3ccc(Nc4ccncc4)cc3)c2)ccnc1C#N. The number of carbonyl (C=O) groups excluding carboxylic acids is 1. The molecule has 2 heterocycles. The molecule has 7 heteroatoms. The Kier molecular flexibility index (Phi) is 6.05. The van der Waals surface area contributed by atoms with Crippen LogP contribution in [0.1, 0.15) is 21.6 Å². The van der Waals surface area contributed by atoms with Gasteiger partial charge in [-0.3, -0.25) is 9.78 Å². The number of aromatic nitrogens is 2. The second-order valence-electron chi connectivity index (χ2n) is 7.04. The Bertz CT molecular complexity index is 1280. The minimum absolute atomic E-state index is 0.204. The van der Waals surface area contributed by atoms with Gasteiger partial charge in [-0.15, -0.1) is 0 Å². The topological polar surface area (TPSA) is 103 Å². The van der Waals surface area contributed by atoms with Gasteiger partial charge in [-0.2, -0.15) is 5.26 Å². The predicted molar refractivity (Wildman–Crippen MR) is 125 cm³/mol. The van der Waals surface area contributed by atoms with E-state index in [0.717, 1.165) is 28.3 Å². The van der Waals surface area contributed by atoms with Gasteiger partial charge in [-0.25, -0.2) is 4.98 Å². The lowest BCUT2D eigenvalue weighted by molar-refractivity contribution is 0.102. The average molecular weight is 420 g/mol. The zero-order chi connectivity index (χ0) is 22.3. The van der Waals surface area contributed by atoms with E-state index in [1.807, 2.05) is 61.5 Å². The first-order valence-corrected chi connectivity index (χ1v) is 9.93. The fraction of sp³-hybridized carbons (Fsp3) is 0.0400. The van der Waals surface area contributed by atoms with Gasteiger partial charge in [0.2, 0.25) is 0 Å². The largest absolute Gasteiger partial charge is 0.355 e. The van der Waals surface area contributed by atoms with Crippen LogP contribution in [0.15, 0.2) is 85.3 Å². The van der Waals surface area contributed by atoms with E-state index in [1.54, 1.807) is 30.7 Å². The van der Waals surface area contributed by atoms with Crippen molar-refractivity contribution in [3.8, 4) is 6.07 Å². The predicted octanol–water partition coefficient (Wildman–Crippen LogP) is 5.40. The Labute approximate surface area is 185 Å². The van der Waals surface area contributed by atoms with E-state index in [4.69, 9.17) is 5.26 Å². The molecule has 0 fully saturated rings. The molecule has 0 aliphatic heterocycles. The summed E-state index contributed by atoms with van der Waals surface area (Å²) < 4.78 is 0. The summed E-state index contributed by atoms with van der Waals surface area (Å²) in [5.41, 5.74) is 5.73. The number of amides is 1. The molecule has 0 saturated heterocycles. The van der Waals surface area contributed by atoms with Gasteiger partial charge in [0, 0.05) is 58.2 Å². The molecule has 0 aliphatic rings. The van der Waals surface area contributed by atoms with Crippen molar-refractivity contribution in [1.82, 2.24) is 9.97 Å². The van der Waals surface area contributed by atoms with Gasteiger partial charge in [0.25, 0.3) is 5.91 Å². The first-order chi connectivity index (χ1) is 15.6. The second kappa shape index (κ2) is 9.41. The summed E-state index contributed by atoms with van der Waals surface area (Å²) in [4.78, 5) is 20.7. The van der Waals surface area contributed by atoms with E-state index in [9.17, 15) is 4.79 Å². The Balaban J connectivity index is 1.43. The molecule has 0 unspecified atom stereocenters. The molecule has 32 heavy (non-hydrogen) atoms. The molecule has 0 saturated carbocycles. The molecule has 0 atom stereocenters. The van der Waals surface area contributed by atoms with E-state index in [2.05, 4.69) is 32.0 Å². The summed E-state index contributed by atoms with van der Waals surface area (Å²) in [6, 6.07) is 22.3. The molecule has 1 amide bonds. The van der Waals surface area contributed by atoms with Crippen LogP contribution >= 0.6 is 0 Å². The molecule has 2 aromatic carbocycles. The van der Waals surface area contributed by atoms with Crippen LogP contribution in [0.4, 0.5) is 28.4 Å². The smallest absolute Gasteiger partial charge is 0.255 e. The van der Waals surface area contributed by atoms with Gasteiger partial charge in [-0.1, -0.05) is 6.07 Å². The quantitative estimate of drug-likeness (QED) is 0.386. The Hall–Kier alpha value is -4.70. The van der Waals surface area contributed by atoms with Crippen molar-refractivity contribution in [2.75, 3.05) is 16.0 Å². The van der Waals surface area contributed by atoms with Crippen LogP contribution in [-0.4, -0.2) is 15.9 Å². The fourth-order valence-corrected chi connectivity index (χ4v) is 3.12. The lowest BCUT2D eigenvalue weighted by Gasteiger charge is -2.12. The minimum atomic E-state index is -0.204. The van der Waals surface area contributed by atoms with Crippen LogP contribution in [0.2, 0.25) is 0 Å². The summed E-state index contributed by atoms with van der Waals surface area (Å²) in [5.74, 6) is -0.204. The van der Waals surface area contributed by atoms with Crippen LogP contribution in [0.25, 0.3) is 0 Å². The lowest BCUT2D eigenvalue weighted by atomic mass is 10.1. The second-order valence-corrected chi connectivity index (χ2v) is 7.04. The molecular weight excluding hydrogens is 400 g/mol. The molecule has 156 valence electrons. The molecule has 0 spiro atoms. The number of pyridine rings is 2. The molecule has 3 N–H and O–H groups in total. The molecule has 0 bridgehead atoms. The van der Waals surface area contributed by atoms with Crippen LogP contribution in [0.5, 0.6) is 0 Å². The number of hydrogen-bond acceptors (Lipinski definition) is 6. The Morgan fingerprint density at radius 3 is 2.31 bits per heavy atom. The fourth-order valence-electron chi connectivity index (χ4n) is 3.12. The van der Waals surface area contributed by atoms with Gasteiger partial charge >= 0.3 is 0 Å². The van der Waals surface area contributed by atoms with Crippen molar-refractivity contribution in [1.29, 1.82) is 5.26 Å². The number of nitrogens with one attached hydrogen (secondary N) is 3. The van der Waals surface area contributed by atoms with Crippen molar-refractivity contribution in [2.24, 2.45) is 0 Å². The number of carbonyl (C=O) groups is 1. The zero-order valence-corrected chi connectivity index (χ0v) is 17.3. The molecular formula is C25H20N6O. The summed E-state index contributed by atoms with van der Waals surface area (Å²) in [5, 5.41) is 18.6. The summed E-state index contributed by atoms with van der Waals surface area (Å²) in [7, 11) is 0. The van der Waals surface area contributed by atoms with Crippen LogP contribution in [0.3, 0.4) is 0 Å². The zero-order valence-electron chi connectivity index (χ0n) is 17.3. The number of benzene rings is 2. The summed E-state index contributed by atoms with van der Waals surface area (Å²) in [6.07, 6.45) is 5.02. The van der Waals surface area contributed by atoms with Crippen molar-refractivity contribution in [2.45, 2.75) is 6.92 Å². The first-order valence-electron chi connectivity index (χ1n) is 9.93. The monoisotopic (exact) mass is 420 g/mol. The van der Waals surface area contributed by atoms with E-state index < -0.39 is 0 Å². The Morgan fingerprint density at radius 1 is 0.844 bits per heavy atom. The van der Waals surface area contributed by atoms with Crippen LogP contribution in [0, 0.1) is 18.3 Å². The molecule has 2 aromatic heterocycles. The maximum atomic E-state index is 12.7. The van der Waals surface area contributed by atoms with Gasteiger partial charge < -0.3 is 16.0 Å². The standard InChI is InChI=1S/C25H20N6O/c1-17-23(11-14-28-24(17)16-26)30-21-3-2-4-22(15-21)31-25(32)18-5-7-19(8-6-18)29-20-9-12-27-13-10-20/h2-15H,1H3,(H,27,29)(H,28,30)(H,31,32). The lowest BCUT2D eigenvalue weighted by Crippen LogP contribution is -2.12. The van der Waals surface area contributed by atoms with E-state index in [1.165, 1.54) is 0 Å². The van der Waals surface area contributed by atoms with Gasteiger partial charge in [0.05, 0.1) is 0 Å². The van der Waals surface area contributed by atoms with Crippen molar-refractivity contribution in [3.05, 3.63) is 102 Å². The molecule has 4 aromatic rings. The van der Waals surface area contributed by atoms with Crippen molar-refractivity contribution in [3.63, 3.8) is 0 Å². The van der Waals surface area contributed by atoms with E-state index in [0.29, 0.717) is 16.9 Å². The third kappa shape index (κ3) is 4.89. The van der Waals surface area contributed by atoms with Crippen molar-refractivity contribution < 1.29 is 4.79 Å². The number of rotatable bonds is 6. The van der Waals surface area contributed by atoms with Crippen molar-refractivity contribution >= 4 is 34.3 Å². The van der Waals surface area contributed by atoms with Crippen LogP contribution < -0.4 is 16.0 Å². The third-order valence-electron chi connectivity index (χ3n) is 4.83. The molecule has 7 nitrogen and oxygen atoms in total. The average Bonchev–Trinajstić information content (AvgIpc) is 2.82. The normalized spacial score (nSPS) is 10.1. The highest BCUT2D eigenvalue weighted by atomic mass is 16.1. The Morgan fingerprint density at radius 2 is 1.56 bits per heavy atom. The highest BCUT2D eigenvalue weighted by molar-refractivity contribution is 6.04. The number of hydrogen-bond donors (Lipinski definition) is 3. The summed E-state index contributed by atoms with van der Waals surface area (Å²) >= 11 is 0. The maximum Gasteiger partial charge on any atom is 0.255 e. The first kappa shape index (κ1) is 20.6. The van der Waals surface area contributed by atoms with Gasteiger partial charge in [0.15, 0.2) is 0 Å². The maximum absolute atomic E-state index is 12.7. The van der Waals surface area contributed by atoms with Gasteiger partial charge in [0.1, 0.15) is 11.8 Å². The highest BCUT2D eigenvalue weighted by Crippen LogP contribution is 2.24. The van der Waals surface area contributed by atoms with E-state index in [-0.39, 0.29) is 5.91 Å². The van der Waals surface area contributed by atoms with Crippen LogP contribution in [-0.2, 0) is 0 Å². The molecule has 4 rings (SSSR count). The van der Waals surface area contributed by atoms with Gasteiger partial charge in [-0.05, 0) is 67.6 Å². The van der Waals surface area contributed by atoms with E-state index >= 15 is 0 Å². The third-order valence-corrected chi connectivity index (χ3v) is 4.83. The molecule has 0 radical (unpaired) electrons. The number of nitrogens with zero attached hydrogens (tertiary/aromatic N) is 3. The number of nitriles is 1. The highest BCUT2D eigenvalue weighted by Gasteiger charge is 2.08.